The van der Waals surface area contributed by atoms with Gasteiger partial charge in [-0.15, -0.1) is 0 Å². The van der Waals surface area contributed by atoms with Gasteiger partial charge in [0.15, 0.2) is 0 Å². The van der Waals surface area contributed by atoms with Gasteiger partial charge in [-0.25, -0.2) is 0 Å². The van der Waals surface area contributed by atoms with Gasteiger partial charge in [-0.1, -0.05) is 0 Å². The van der Waals surface area contributed by atoms with E-state index in [9.17, 15) is 9.59 Å². The first-order valence-corrected chi connectivity index (χ1v) is 6.63. The Kier molecular flexibility index (Phi) is 3.93. The van der Waals surface area contributed by atoms with Gasteiger partial charge in [0.25, 0.3) is 5.91 Å². The second-order valence-corrected chi connectivity index (χ2v) is 4.99. The van der Waals surface area contributed by atoms with Gasteiger partial charge in [-0.3, -0.25) is 9.59 Å². The van der Waals surface area contributed by atoms with Crippen molar-refractivity contribution in [2.45, 2.75) is 33.6 Å². The average Bonchev–Trinajstić information content (AvgIpc) is 2.96. The highest BCUT2D eigenvalue weighted by atomic mass is 16.3. The number of amides is 2. The van der Waals surface area contributed by atoms with E-state index in [2.05, 4.69) is 5.32 Å². The normalized spacial score (nSPS) is 14.8. The van der Waals surface area contributed by atoms with Gasteiger partial charge in [0, 0.05) is 18.7 Å². The summed E-state index contributed by atoms with van der Waals surface area (Å²) in [4.78, 5) is 25.7. The van der Waals surface area contributed by atoms with Gasteiger partial charge >= 0.3 is 0 Å². The minimum absolute atomic E-state index is 0.0126. The molecule has 2 heterocycles. The Hall–Kier alpha value is -1.78. The lowest BCUT2D eigenvalue weighted by atomic mass is 10.1. The zero-order chi connectivity index (χ0) is 14.0. The molecule has 104 valence electrons. The zero-order valence-electron chi connectivity index (χ0n) is 11.7. The highest BCUT2D eigenvalue weighted by Crippen LogP contribution is 2.20. The van der Waals surface area contributed by atoms with Crippen molar-refractivity contribution < 1.29 is 14.0 Å². The molecular weight excluding hydrogens is 244 g/mol. The van der Waals surface area contributed by atoms with Gasteiger partial charge in [-0.05, 0) is 33.6 Å². The molecule has 0 atom stereocenters. The SMILES string of the molecule is Cc1oc(C)c(C(=O)NCC(=O)N2CCCC2)c1C. The fourth-order valence-electron chi connectivity index (χ4n) is 2.45. The average molecular weight is 264 g/mol. The molecule has 0 bridgehead atoms. The molecule has 1 aromatic heterocycles. The number of carbonyl (C=O) groups excluding carboxylic acids is 2. The summed E-state index contributed by atoms with van der Waals surface area (Å²) in [5.41, 5.74) is 1.38. The van der Waals surface area contributed by atoms with Crippen LogP contribution in [0.5, 0.6) is 0 Å². The van der Waals surface area contributed by atoms with Crippen molar-refractivity contribution >= 4 is 11.8 Å². The predicted octanol–water partition coefficient (Wildman–Crippen LogP) is 1.56. The largest absolute Gasteiger partial charge is 0.466 e. The number of likely N-dealkylation sites (tertiary alicyclic amines) is 1. The molecule has 1 fully saturated rings. The van der Waals surface area contributed by atoms with Crippen LogP contribution in [0.1, 0.15) is 40.3 Å². The highest BCUT2D eigenvalue weighted by molar-refractivity contribution is 5.98. The molecule has 5 heteroatoms. The summed E-state index contributed by atoms with van der Waals surface area (Å²) in [7, 11) is 0. The molecule has 1 aliphatic rings. The first-order valence-electron chi connectivity index (χ1n) is 6.63. The van der Waals surface area contributed by atoms with Gasteiger partial charge in [0.2, 0.25) is 5.91 Å². The summed E-state index contributed by atoms with van der Waals surface area (Å²) >= 11 is 0. The van der Waals surface area contributed by atoms with E-state index in [4.69, 9.17) is 4.42 Å². The Morgan fingerprint density at radius 1 is 1.16 bits per heavy atom. The van der Waals surface area contributed by atoms with E-state index < -0.39 is 0 Å². The third kappa shape index (κ3) is 2.80. The van der Waals surface area contributed by atoms with Crippen LogP contribution in [0, 0.1) is 20.8 Å². The van der Waals surface area contributed by atoms with Crippen molar-refractivity contribution in [3.8, 4) is 0 Å². The van der Waals surface area contributed by atoms with Gasteiger partial charge < -0.3 is 14.6 Å². The second-order valence-electron chi connectivity index (χ2n) is 4.99. The van der Waals surface area contributed by atoms with E-state index in [0.717, 1.165) is 37.3 Å². The van der Waals surface area contributed by atoms with Crippen molar-refractivity contribution in [3.63, 3.8) is 0 Å². The van der Waals surface area contributed by atoms with Crippen LogP contribution in [0.3, 0.4) is 0 Å². The predicted molar refractivity (Wildman–Crippen MR) is 71.1 cm³/mol. The Bertz CT molecular complexity index is 499. The third-order valence-electron chi connectivity index (χ3n) is 3.65. The molecule has 0 aromatic carbocycles. The Labute approximate surface area is 113 Å². The Balaban J connectivity index is 1.95. The lowest BCUT2D eigenvalue weighted by Crippen LogP contribution is -2.38. The first kappa shape index (κ1) is 13.6. The van der Waals surface area contributed by atoms with E-state index in [1.165, 1.54) is 0 Å². The fourth-order valence-corrected chi connectivity index (χ4v) is 2.45. The van der Waals surface area contributed by atoms with Crippen LogP contribution in [-0.4, -0.2) is 36.3 Å². The lowest BCUT2D eigenvalue weighted by molar-refractivity contribution is -0.129. The van der Waals surface area contributed by atoms with Crippen LogP contribution in [0.2, 0.25) is 0 Å². The molecule has 0 saturated carbocycles. The summed E-state index contributed by atoms with van der Waals surface area (Å²) < 4.78 is 5.42. The van der Waals surface area contributed by atoms with E-state index in [0.29, 0.717) is 11.3 Å². The fraction of sp³-hybridized carbons (Fsp3) is 0.571. The van der Waals surface area contributed by atoms with E-state index in [1.54, 1.807) is 11.8 Å². The molecule has 2 rings (SSSR count). The number of carbonyl (C=O) groups is 2. The minimum atomic E-state index is -0.237. The molecule has 1 N–H and O–H groups in total. The van der Waals surface area contributed by atoms with Crippen molar-refractivity contribution in [3.05, 3.63) is 22.6 Å². The molecule has 2 amide bonds. The number of furan rings is 1. The van der Waals surface area contributed by atoms with E-state index >= 15 is 0 Å². The molecule has 0 aliphatic carbocycles. The summed E-state index contributed by atoms with van der Waals surface area (Å²) in [5, 5.41) is 2.68. The quantitative estimate of drug-likeness (QED) is 0.901. The molecule has 0 radical (unpaired) electrons. The van der Waals surface area contributed by atoms with Crippen LogP contribution in [-0.2, 0) is 4.79 Å². The smallest absolute Gasteiger partial charge is 0.255 e. The maximum Gasteiger partial charge on any atom is 0.255 e. The molecule has 1 saturated heterocycles. The van der Waals surface area contributed by atoms with Crippen LogP contribution >= 0.6 is 0 Å². The minimum Gasteiger partial charge on any atom is -0.466 e. The summed E-state index contributed by atoms with van der Waals surface area (Å²) in [6, 6.07) is 0. The molecular formula is C14H20N2O3. The van der Waals surface area contributed by atoms with E-state index in [-0.39, 0.29) is 18.4 Å². The van der Waals surface area contributed by atoms with Crippen molar-refractivity contribution in [2.75, 3.05) is 19.6 Å². The van der Waals surface area contributed by atoms with Crippen LogP contribution in [0.15, 0.2) is 4.42 Å². The van der Waals surface area contributed by atoms with Crippen LogP contribution < -0.4 is 5.32 Å². The topological polar surface area (TPSA) is 62.6 Å². The van der Waals surface area contributed by atoms with Crippen LogP contribution in [0.25, 0.3) is 0 Å². The van der Waals surface area contributed by atoms with Crippen molar-refractivity contribution in [2.24, 2.45) is 0 Å². The monoisotopic (exact) mass is 264 g/mol. The van der Waals surface area contributed by atoms with Gasteiger partial charge in [-0.2, -0.15) is 0 Å². The lowest BCUT2D eigenvalue weighted by Gasteiger charge is -2.15. The van der Waals surface area contributed by atoms with Crippen LogP contribution in [0.4, 0.5) is 0 Å². The number of hydrogen-bond donors (Lipinski definition) is 1. The maximum atomic E-state index is 12.1. The Morgan fingerprint density at radius 3 is 2.32 bits per heavy atom. The first-order chi connectivity index (χ1) is 9.00. The standard InChI is InChI=1S/C14H20N2O3/c1-9-10(2)19-11(3)13(9)14(18)15-8-12(17)16-6-4-5-7-16/h4-8H2,1-3H3,(H,15,18). The number of nitrogens with zero attached hydrogens (tertiary/aromatic N) is 1. The van der Waals surface area contributed by atoms with Crippen molar-refractivity contribution in [1.29, 1.82) is 0 Å². The summed E-state index contributed by atoms with van der Waals surface area (Å²) in [5.74, 6) is 1.09. The third-order valence-corrected chi connectivity index (χ3v) is 3.65. The number of aryl methyl sites for hydroxylation is 2. The molecule has 5 nitrogen and oxygen atoms in total. The Morgan fingerprint density at radius 2 is 1.79 bits per heavy atom. The number of rotatable bonds is 3. The molecule has 1 aliphatic heterocycles. The number of hydrogen-bond acceptors (Lipinski definition) is 3. The molecule has 19 heavy (non-hydrogen) atoms. The zero-order valence-corrected chi connectivity index (χ0v) is 11.7. The molecule has 0 spiro atoms. The van der Waals surface area contributed by atoms with E-state index in [1.807, 2.05) is 13.8 Å². The summed E-state index contributed by atoms with van der Waals surface area (Å²) in [6.07, 6.45) is 2.11. The van der Waals surface area contributed by atoms with Gasteiger partial charge in [0.1, 0.15) is 11.5 Å². The maximum absolute atomic E-state index is 12.1. The second kappa shape index (κ2) is 5.47. The molecule has 1 aromatic rings. The highest BCUT2D eigenvalue weighted by Gasteiger charge is 2.21. The summed E-state index contributed by atoms with van der Waals surface area (Å²) in [6.45, 7) is 7.10. The van der Waals surface area contributed by atoms with Crippen molar-refractivity contribution in [1.82, 2.24) is 10.2 Å². The van der Waals surface area contributed by atoms with Gasteiger partial charge in [0.05, 0.1) is 12.1 Å². The number of nitrogens with one attached hydrogen (secondary N) is 1. The molecule has 0 unspecified atom stereocenters.